The topological polar surface area (TPSA) is 160 Å². The van der Waals surface area contributed by atoms with Crippen LogP contribution in [0, 0.1) is 0 Å². The SMILES string of the molecule is C[C@H](NP(=O)([O-])CNC(=O)OCc1ccccc1)C(=O)NCC(=O)[O-].[Li+].[Li+]. The average molecular weight is 385 g/mol. The fourth-order valence-electron chi connectivity index (χ4n) is 1.65. The predicted octanol–water partition coefficient (Wildman–Crippen LogP) is -7.72. The Bertz CT molecular complexity index is 663. The summed E-state index contributed by atoms with van der Waals surface area (Å²) in [5, 5.41) is 16.3. The number of hydrogen-bond donors (Lipinski definition) is 3. The molecule has 1 aromatic carbocycles. The molecule has 0 heterocycles. The summed E-state index contributed by atoms with van der Waals surface area (Å²) in [6.45, 7) is 0.465. The number of carboxylic acid groups (broad SMARTS) is 1. The molecule has 2 amide bonds. The smallest absolute Gasteiger partial charge is 0.787 e. The maximum atomic E-state index is 11.8. The van der Waals surface area contributed by atoms with Crippen LogP contribution < -0.4 is 63.4 Å². The van der Waals surface area contributed by atoms with Crippen LogP contribution in [0.15, 0.2) is 30.3 Å². The number of carbonyl (C=O) groups excluding carboxylic acids is 3. The van der Waals surface area contributed by atoms with Gasteiger partial charge >= 0.3 is 43.8 Å². The monoisotopic (exact) mass is 385 g/mol. The first kappa shape index (κ1) is 28.0. The van der Waals surface area contributed by atoms with Crippen molar-refractivity contribution < 1.29 is 71.4 Å². The second-order valence-electron chi connectivity index (χ2n) is 5.01. The largest absolute Gasteiger partial charge is 1.00 e. The first-order valence-electron chi connectivity index (χ1n) is 7.19. The van der Waals surface area contributed by atoms with Crippen molar-refractivity contribution in [2.24, 2.45) is 0 Å². The van der Waals surface area contributed by atoms with Crippen molar-refractivity contribution in [2.75, 3.05) is 12.8 Å². The first-order valence-corrected chi connectivity index (χ1v) is 9.00. The molecule has 0 aliphatic heterocycles. The van der Waals surface area contributed by atoms with Crippen LogP contribution in [0.5, 0.6) is 0 Å². The first-order chi connectivity index (χ1) is 11.7. The van der Waals surface area contributed by atoms with Gasteiger partial charge in [0.15, 0.2) is 0 Å². The summed E-state index contributed by atoms with van der Waals surface area (Å²) in [6.07, 6.45) is -1.71. The van der Waals surface area contributed by atoms with E-state index in [0.717, 1.165) is 5.56 Å². The standard InChI is InChI=1S/C14H20N3O7P.2Li/c1-10(13(20)15-7-12(18)19)17-25(22,23)9-16-14(21)24-8-11-5-3-2-4-6-11;;/h2-6,10H,7-9H2,1H3,(H,15,20)(H,16,21)(H,18,19)(H2,17,22,23);;/q;2*+1/p-2/t10-;;/m0../s1. The van der Waals surface area contributed by atoms with Gasteiger partial charge in [-0.1, -0.05) is 30.3 Å². The maximum absolute atomic E-state index is 11.8. The Hall–Kier alpha value is -1.23. The summed E-state index contributed by atoms with van der Waals surface area (Å²) in [6, 6.07) is 7.58. The molecular formula is C14H18Li2N3O7P. The van der Waals surface area contributed by atoms with Crippen LogP contribution in [0.2, 0.25) is 0 Å². The van der Waals surface area contributed by atoms with E-state index in [2.05, 4.69) is 5.32 Å². The van der Waals surface area contributed by atoms with Crippen molar-refractivity contribution in [3.05, 3.63) is 35.9 Å². The van der Waals surface area contributed by atoms with Crippen LogP contribution >= 0.6 is 7.52 Å². The molecule has 10 nitrogen and oxygen atoms in total. The van der Waals surface area contributed by atoms with Gasteiger partial charge in [-0.05, 0) is 12.5 Å². The summed E-state index contributed by atoms with van der Waals surface area (Å²) >= 11 is 0. The van der Waals surface area contributed by atoms with E-state index < -0.39 is 44.4 Å². The van der Waals surface area contributed by atoms with E-state index in [1.807, 2.05) is 10.4 Å². The van der Waals surface area contributed by atoms with E-state index in [1.54, 1.807) is 30.3 Å². The van der Waals surface area contributed by atoms with Crippen LogP contribution in [0.1, 0.15) is 12.5 Å². The van der Waals surface area contributed by atoms with Gasteiger partial charge in [-0.2, -0.15) is 0 Å². The number of carboxylic acids is 1. The number of ether oxygens (including phenoxy) is 1. The van der Waals surface area contributed by atoms with Gasteiger partial charge in [0.2, 0.25) is 5.91 Å². The summed E-state index contributed by atoms with van der Waals surface area (Å²) < 4.78 is 16.7. The van der Waals surface area contributed by atoms with Crippen molar-refractivity contribution >= 4 is 25.5 Å². The summed E-state index contributed by atoms with van der Waals surface area (Å²) in [5.41, 5.74) is 0.735. The van der Waals surface area contributed by atoms with E-state index in [-0.39, 0.29) is 44.3 Å². The van der Waals surface area contributed by atoms with E-state index >= 15 is 0 Å². The third-order valence-corrected chi connectivity index (χ3v) is 4.19. The Balaban J connectivity index is 0. The number of amides is 2. The molecule has 0 saturated carbocycles. The molecule has 0 radical (unpaired) electrons. The fourth-order valence-corrected chi connectivity index (χ4v) is 2.79. The number of carbonyl (C=O) groups is 3. The van der Waals surface area contributed by atoms with Crippen molar-refractivity contribution in [3.63, 3.8) is 0 Å². The number of aliphatic carboxylic acids is 1. The number of alkyl carbamates (subject to hydrolysis) is 1. The van der Waals surface area contributed by atoms with E-state index in [9.17, 15) is 28.9 Å². The molecule has 138 valence electrons. The van der Waals surface area contributed by atoms with E-state index in [0.29, 0.717) is 0 Å². The molecule has 0 saturated heterocycles. The minimum atomic E-state index is -4.34. The second-order valence-corrected chi connectivity index (χ2v) is 6.93. The van der Waals surface area contributed by atoms with Gasteiger partial charge in [-0.3, -0.25) is 9.88 Å². The van der Waals surface area contributed by atoms with Gasteiger partial charge < -0.3 is 34.7 Å². The summed E-state index contributed by atoms with van der Waals surface area (Å²) in [5.74, 6) is -2.35. The molecule has 0 aliphatic rings. The number of rotatable bonds is 9. The molecule has 1 aromatic rings. The van der Waals surface area contributed by atoms with Crippen molar-refractivity contribution in [3.8, 4) is 0 Å². The summed E-state index contributed by atoms with van der Waals surface area (Å²) in [7, 11) is -4.34. The minimum absolute atomic E-state index is 0. The number of nitrogens with one attached hydrogen (secondary N) is 3. The Morgan fingerprint density at radius 3 is 2.30 bits per heavy atom. The van der Waals surface area contributed by atoms with Crippen LogP contribution in [-0.2, 0) is 25.5 Å². The van der Waals surface area contributed by atoms with Crippen LogP contribution in [0.25, 0.3) is 0 Å². The minimum Gasteiger partial charge on any atom is -0.787 e. The van der Waals surface area contributed by atoms with Crippen LogP contribution in [0.4, 0.5) is 4.79 Å². The molecule has 1 rings (SSSR count). The molecular weight excluding hydrogens is 367 g/mol. The number of benzene rings is 1. The average Bonchev–Trinajstić information content (AvgIpc) is 2.56. The molecule has 0 aromatic heterocycles. The van der Waals surface area contributed by atoms with Gasteiger partial charge in [0.1, 0.15) is 6.61 Å². The molecule has 1 unspecified atom stereocenters. The van der Waals surface area contributed by atoms with Gasteiger partial charge in [-0.15, -0.1) is 0 Å². The van der Waals surface area contributed by atoms with Crippen LogP contribution in [-0.4, -0.2) is 36.8 Å². The molecule has 0 bridgehead atoms. The zero-order chi connectivity index (χ0) is 18.9. The van der Waals surface area contributed by atoms with Gasteiger partial charge in [0, 0.05) is 0 Å². The second kappa shape index (κ2) is 13.9. The molecule has 27 heavy (non-hydrogen) atoms. The Morgan fingerprint density at radius 2 is 1.74 bits per heavy atom. The quantitative estimate of drug-likeness (QED) is 0.279. The van der Waals surface area contributed by atoms with Crippen molar-refractivity contribution in [1.82, 2.24) is 15.7 Å². The van der Waals surface area contributed by atoms with E-state index in [4.69, 9.17) is 4.74 Å². The Labute approximate surface area is 180 Å². The van der Waals surface area contributed by atoms with Gasteiger partial charge in [0.05, 0.1) is 32.4 Å². The van der Waals surface area contributed by atoms with Gasteiger partial charge in [-0.25, -0.2) is 4.79 Å². The predicted molar refractivity (Wildman–Crippen MR) is 82.9 cm³/mol. The van der Waals surface area contributed by atoms with E-state index in [1.165, 1.54) is 6.92 Å². The Kier molecular flexibility index (Phi) is 14.4. The zero-order valence-electron chi connectivity index (χ0n) is 15.4. The van der Waals surface area contributed by atoms with Crippen molar-refractivity contribution in [2.45, 2.75) is 19.6 Å². The molecule has 0 spiro atoms. The van der Waals surface area contributed by atoms with Crippen molar-refractivity contribution in [1.29, 1.82) is 0 Å². The molecule has 0 aliphatic carbocycles. The molecule has 2 atom stereocenters. The summed E-state index contributed by atoms with van der Waals surface area (Å²) in [4.78, 5) is 45.0. The van der Waals surface area contributed by atoms with Gasteiger partial charge in [0.25, 0.3) is 0 Å². The fraction of sp³-hybridized carbons (Fsp3) is 0.357. The third kappa shape index (κ3) is 12.7. The molecule has 3 N–H and O–H groups in total. The molecule has 13 heteroatoms. The van der Waals surface area contributed by atoms with Crippen LogP contribution in [0.3, 0.4) is 0 Å². The third-order valence-electron chi connectivity index (χ3n) is 2.83. The normalized spacial score (nSPS) is 13.0. The molecule has 0 fully saturated rings. The number of hydrogen-bond acceptors (Lipinski definition) is 7. The zero-order valence-corrected chi connectivity index (χ0v) is 16.3. The maximum Gasteiger partial charge on any atom is 1.00 e. The Morgan fingerprint density at radius 1 is 1.15 bits per heavy atom.